The van der Waals surface area contributed by atoms with Crippen LogP contribution in [0.15, 0.2) is 0 Å². The fourth-order valence-electron chi connectivity index (χ4n) is 1.24. The van der Waals surface area contributed by atoms with E-state index in [9.17, 15) is 4.79 Å². The number of aromatic nitrogens is 4. The average molecular weight is 181 g/mol. The van der Waals surface area contributed by atoms with Crippen molar-refractivity contribution in [3.63, 3.8) is 0 Å². The Balaban J connectivity index is 1.77. The van der Waals surface area contributed by atoms with Crippen LogP contribution in [0.1, 0.15) is 19.2 Å². The number of tetrazole rings is 1. The molecule has 6 nitrogen and oxygen atoms in total. The lowest BCUT2D eigenvalue weighted by Gasteiger charge is -1.99. The minimum atomic E-state index is 0.0947. The van der Waals surface area contributed by atoms with Gasteiger partial charge in [0.25, 0.3) is 0 Å². The molecule has 2 N–H and O–H groups in total. The number of hydrogen-bond acceptors (Lipinski definition) is 4. The zero-order valence-corrected chi connectivity index (χ0v) is 7.32. The Hall–Kier alpha value is -1.46. The molecule has 1 fully saturated rings. The van der Waals surface area contributed by atoms with Crippen molar-refractivity contribution in [1.82, 2.24) is 25.9 Å². The molecule has 6 heteroatoms. The molecular formula is C7H11N5O. The summed E-state index contributed by atoms with van der Waals surface area (Å²) in [5, 5.41) is 15.9. The summed E-state index contributed by atoms with van der Waals surface area (Å²) in [6.07, 6.45) is 0.998. The second-order valence-corrected chi connectivity index (χ2v) is 3.37. The fourth-order valence-corrected chi connectivity index (χ4v) is 1.24. The summed E-state index contributed by atoms with van der Waals surface area (Å²) in [5.74, 6) is 1.34. The summed E-state index contributed by atoms with van der Waals surface area (Å²) in [5.41, 5.74) is 0. The van der Waals surface area contributed by atoms with Crippen LogP contribution in [0.25, 0.3) is 0 Å². The number of carbonyl (C=O) groups excluding carboxylic acids is 1. The van der Waals surface area contributed by atoms with Crippen LogP contribution in [0.3, 0.4) is 0 Å². The molecule has 0 aliphatic heterocycles. The Kier molecular flexibility index (Phi) is 1.96. The van der Waals surface area contributed by atoms with E-state index in [0.29, 0.717) is 18.3 Å². The molecule has 0 aromatic carbocycles. The predicted octanol–water partition coefficient (Wildman–Crippen LogP) is -0.528. The van der Waals surface area contributed by atoms with E-state index < -0.39 is 0 Å². The molecule has 1 amide bonds. The molecule has 0 bridgehead atoms. The number of nitrogens with zero attached hydrogens (tertiary/aromatic N) is 3. The molecule has 1 aromatic rings. The molecule has 0 saturated heterocycles. The standard InChI is InChI=1S/C7H11N5O/c1-4-2-5(4)7(13)8-3-6-9-11-12-10-6/h4-5H,2-3H2,1H3,(H,8,13)(H,9,10,11,12). The van der Waals surface area contributed by atoms with Crippen LogP contribution in [-0.2, 0) is 11.3 Å². The van der Waals surface area contributed by atoms with Crippen molar-refractivity contribution in [3.05, 3.63) is 5.82 Å². The van der Waals surface area contributed by atoms with E-state index in [1.165, 1.54) is 0 Å². The van der Waals surface area contributed by atoms with Crippen molar-refractivity contribution in [2.75, 3.05) is 0 Å². The lowest BCUT2D eigenvalue weighted by atomic mass is 10.3. The molecule has 2 unspecified atom stereocenters. The summed E-state index contributed by atoms with van der Waals surface area (Å²) in [6.45, 7) is 2.43. The molecule has 0 radical (unpaired) electrons. The quantitative estimate of drug-likeness (QED) is 0.656. The van der Waals surface area contributed by atoms with Gasteiger partial charge in [0.05, 0.1) is 6.54 Å². The minimum Gasteiger partial charge on any atom is -0.348 e. The van der Waals surface area contributed by atoms with Crippen molar-refractivity contribution in [2.45, 2.75) is 19.9 Å². The number of amides is 1. The van der Waals surface area contributed by atoms with Crippen LogP contribution in [0.2, 0.25) is 0 Å². The van der Waals surface area contributed by atoms with Crippen molar-refractivity contribution < 1.29 is 4.79 Å². The van der Waals surface area contributed by atoms with Crippen molar-refractivity contribution in [1.29, 1.82) is 0 Å². The summed E-state index contributed by atoms with van der Waals surface area (Å²) in [4.78, 5) is 11.3. The van der Waals surface area contributed by atoms with Crippen LogP contribution in [0.4, 0.5) is 0 Å². The molecule has 0 spiro atoms. The Morgan fingerprint density at radius 1 is 1.77 bits per heavy atom. The number of carbonyl (C=O) groups is 1. The van der Waals surface area contributed by atoms with Crippen molar-refractivity contribution in [2.24, 2.45) is 11.8 Å². The SMILES string of the molecule is CC1CC1C(=O)NCc1nn[nH]n1. The van der Waals surface area contributed by atoms with Gasteiger partial charge in [-0.05, 0) is 12.3 Å². The molecule has 1 aliphatic carbocycles. The van der Waals surface area contributed by atoms with Gasteiger partial charge in [0.2, 0.25) is 5.91 Å². The zero-order valence-electron chi connectivity index (χ0n) is 7.32. The third-order valence-electron chi connectivity index (χ3n) is 2.26. The van der Waals surface area contributed by atoms with Gasteiger partial charge >= 0.3 is 0 Å². The molecular weight excluding hydrogens is 170 g/mol. The van der Waals surface area contributed by atoms with Crippen molar-refractivity contribution >= 4 is 5.91 Å². The molecule has 2 rings (SSSR count). The summed E-state index contributed by atoms with van der Waals surface area (Å²) < 4.78 is 0. The normalized spacial score (nSPS) is 25.6. The number of rotatable bonds is 3. The van der Waals surface area contributed by atoms with Gasteiger partial charge in [-0.1, -0.05) is 12.1 Å². The van der Waals surface area contributed by atoms with E-state index in [2.05, 4.69) is 32.9 Å². The first-order valence-corrected chi connectivity index (χ1v) is 4.27. The van der Waals surface area contributed by atoms with E-state index >= 15 is 0 Å². The lowest BCUT2D eigenvalue weighted by Crippen LogP contribution is -2.25. The summed E-state index contributed by atoms with van der Waals surface area (Å²) in [7, 11) is 0. The molecule has 70 valence electrons. The smallest absolute Gasteiger partial charge is 0.223 e. The van der Waals surface area contributed by atoms with Gasteiger partial charge in [-0.15, -0.1) is 10.2 Å². The summed E-state index contributed by atoms with van der Waals surface area (Å²) in [6, 6.07) is 0. The maximum atomic E-state index is 11.3. The fraction of sp³-hybridized carbons (Fsp3) is 0.714. The Morgan fingerprint density at radius 3 is 3.08 bits per heavy atom. The van der Waals surface area contributed by atoms with E-state index in [4.69, 9.17) is 0 Å². The molecule has 1 heterocycles. The van der Waals surface area contributed by atoms with Gasteiger partial charge < -0.3 is 5.32 Å². The Labute approximate surface area is 75.1 Å². The number of hydrogen-bond donors (Lipinski definition) is 2. The van der Waals surface area contributed by atoms with E-state index in [1.807, 2.05) is 0 Å². The van der Waals surface area contributed by atoms with Crippen LogP contribution < -0.4 is 5.32 Å². The molecule has 13 heavy (non-hydrogen) atoms. The van der Waals surface area contributed by atoms with Gasteiger partial charge in [0, 0.05) is 5.92 Å². The number of H-pyrrole nitrogens is 1. The second-order valence-electron chi connectivity index (χ2n) is 3.37. The highest BCUT2D eigenvalue weighted by molar-refractivity contribution is 5.81. The topological polar surface area (TPSA) is 83.6 Å². The first kappa shape index (κ1) is 8.15. The van der Waals surface area contributed by atoms with Gasteiger partial charge in [0.15, 0.2) is 5.82 Å². The minimum absolute atomic E-state index is 0.0947. The van der Waals surface area contributed by atoms with Crippen LogP contribution in [-0.4, -0.2) is 26.5 Å². The van der Waals surface area contributed by atoms with Crippen LogP contribution in [0.5, 0.6) is 0 Å². The molecule has 2 atom stereocenters. The highest BCUT2D eigenvalue weighted by Crippen LogP contribution is 2.37. The maximum Gasteiger partial charge on any atom is 0.223 e. The van der Waals surface area contributed by atoms with Crippen LogP contribution in [0, 0.1) is 11.8 Å². The monoisotopic (exact) mass is 181 g/mol. The first-order valence-electron chi connectivity index (χ1n) is 4.27. The molecule has 1 aliphatic rings. The van der Waals surface area contributed by atoms with Crippen LogP contribution >= 0.6 is 0 Å². The highest BCUT2D eigenvalue weighted by atomic mass is 16.2. The van der Waals surface area contributed by atoms with Gasteiger partial charge in [0.1, 0.15) is 0 Å². The van der Waals surface area contributed by atoms with Gasteiger partial charge in [-0.3, -0.25) is 4.79 Å². The third-order valence-corrected chi connectivity index (χ3v) is 2.26. The molecule has 1 aromatic heterocycles. The Bertz CT molecular complexity index is 296. The van der Waals surface area contributed by atoms with Crippen molar-refractivity contribution in [3.8, 4) is 0 Å². The lowest BCUT2D eigenvalue weighted by molar-refractivity contribution is -0.122. The third kappa shape index (κ3) is 1.82. The average Bonchev–Trinajstić information content (AvgIpc) is 2.68. The molecule has 1 saturated carbocycles. The summed E-state index contributed by atoms with van der Waals surface area (Å²) >= 11 is 0. The zero-order chi connectivity index (χ0) is 9.26. The second kappa shape index (κ2) is 3.12. The Morgan fingerprint density at radius 2 is 2.54 bits per heavy atom. The number of nitrogens with one attached hydrogen (secondary N) is 2. The van der Waals surface area contributed by atoms with Gasteiger partial charge in [-0.25, -0.2) is 0 Å². The highest BCUT2D eigenvalue weighted by Gasteiger charge is 2.38. The first-order chi connectivity index (χ1) is 6.27. The van der Waals surface area contributed by atoms with Gasteiger partial charge in [-0.2, -0.15) is 5.21 Å². The predicted molar refractivity (Wildman–Crippen MR) is 43.3 cm³/mol. The van der Waals surface area contributed by atoms with E-state index in [0.717, 1.165) is 6.42 Å². The van der Waals surface area contributed by atoms with E-state index in [1.54, 1.807) is 0 Å². The largest absolute Gasteiger partial charge is 0.348 e. The number of aromatic amines is 1. The maximum absolute atomic E-state index is 11.3. The van der Waals surface area contributed by atoms with E-state index in [-0.39, 0.29) is 11.8 Å².